The van der Waals surface area contributed by atoms with E-state index in [1.54, 1.807) is 0 Å². The van der Waals surface area contributed by atoms with Gasteiger partial charge in [0, 0.05) is 25.2 Å². The van der Waals surface area contributed by atoms with Crippen LogP contribution in [0.3, 0.4) is 0 Å². The number of hydrogen-bond donors (Lipinski definition) is 0. The van der Waals surface area contributed by atoms with Crippen LogP contribution in [0.2, 0.25) is 0 Å². The Bertz CT molecular complexity index is 222. The predicted octanol–water partition coefficient (Wildman–Crippen LogP) is 1.97. The van der Waals surface area contributed by atoms with Gasteiger partial charge in [0.1, 0.15) is 0 Å². The Morgan fingerprint density at radius 2 is 2.00 bits per heavy atom. The van der Waals surface area contributed by atoms with Crippen LogP contribution in [0.4, 0.5) is 0 Å². The average Bonchev–Trinajstić information content (AvgIpc) is 2.58. The second-order valence-electron chi connectivity index (χ2n) is 5.54. The summed E-state index contributed by atoms with van der Waals surface area (Å²) in [6, 6.07) is 1.40. The van der Waals surface area contributed by atoms with E-state index in [9.17, 15) is 0 Å². The Balaban J connectivity index is 1.86. The molecule has 2 aliphatic rings. The molecule has 0 amide bonds. The van der Waals surface area contributed by atoms with Crippen LogP contribution in [0.5, 0.6) is 0 Å². The summed E-state index contributed by atoms with van der Waals surface area (Å²) in [6.45, 7) is 11.3. The number of rotatable bonds is 4. The van der Waals surface area contributed by atoms with Gasteiger partial charge in [0.05, 0.1) is 6.61 Å². The van der Waals surface area contributed by atoms with Crippen molar-refractivity contribution in [2.75, 3.05) is 39.4 Å². The fraction of sp³-hybridized carbons (Fsp3) is 1.00. The van der Waals surface area contributed by atoms with Crippen molar-refractivity contribution in [2.45, 2.75) is 51.6 Å². The molecule has 100 valence electrons. The smallest absolute Gasteiger partial charge is 0.0619 e. The van der Waals surface area contributed by atoms with Crippen LogP contribution in [0.1, 0.15) is 39.5 Å². The quantitative estimate of drug-likeness (QED) is 0.747. The first-order chi connectivity index (χ1) is 8.31. The zero-order valence-corrected chi connectivity index (χ0v) is 11.5. The van der Waals surface area contributed by atoms with Crippen LogP contribution in [0, 0.1) is 0 Å². The molecule has 2 aliphatic heterocycles. The minimum Gasteiger partial charge on any atom is -0.380 e. The molecule has 0 aromatic carbocycles. The average molecular weight is 240 g/mol. The van der Waals surface area contributed by atoms with E-state index >= 15 is 0 Å². The molecule has 0 N–H and O–H groups in total. The summed E-state index contributed by atoms with van der Waals surface area (Å²) in [7, 11) is 0. The monoisotopic (exact) mass is 240 g/mol. The lowest BCUT2D eigenvalue weighted by Gasteiger charge is -2.36. The maximum Gasteiger partial charge on any atom is 0.0619 e. The normalized spacial score (nSPS) is 29.6. The Morgan fingerprint density at radius 1 is 1.18 bits per heavy atom. The zero-order valence-electron chi connectivity index (χ0n) is 11.5. The van der Waals surface area contributed by atoms with Crippen molar-refractivity contribution in [1.82, 2.24) is 9.80 Å². The minimum absolute atomic E-state index is 0.580. The van der Waals surface area contributed by atoms with E-state index in [1.807, 2.05) is 0 Å². The van der Waals surface area contributed by atoms with Gasteiger partial charge in [0.25, 0.3) is 0 Å². The highest BCUT2D eigenvalue weighted by Gasteiger charge is 2.28. The molecule has 0 saturated carbocycles. The van der Waals surface area contributed by atoms with Gasteiger partial charge in [-0.05, 0) is 52.7 Å². The second kappa shape index (κ2) is 6.72. The molecule has 0 aromatic rings. The van der Waals surface area contributed by atoms with E-state index in [0.717, 1.165) is 19.3 Å². The number of ether oxygens (including phenoxy) is 1. The van der Waals surface area contributed by atoms with Crippen molar-refractivity contribution in [3.8, 4) is 0 Å². The maximum atomic E-state index is 5.57. The molecule has 0 spiro atoms. The Labute approximate surface area is 106 Å². The van der Waals surface area contributed by atoms with Crippen LogP contribution < -0.4 is 0 Å². The van der Waals surface area contributed by atoms with Crippen molar-refractivity contribution in [1.29, 1.82) is 0 Å². The molecule has 0 radical (unpaired) electrons. The third-order valence-corrected chi connectivity index (χ3v) is 4.27. The molecule has 2 rings (SSSR count). The van der Waals surface area contributed by atoms with E-state index in [1.165, 1.54) is 51.9 Å². The van der Waals surface area contributed by atoms with Gasteiger partial charge in [-0.3, -0.25) is 9.80 Å². The summed E-state index contributed by atoms with van der Waals surface area (Å²) >= 11 is 0. The standard InChI is InChI=1S/C14H28N2O/c1-3-17-12-13(2)16-10-6-9-15-8-5-4-7-14(15)11-16/h13-14H,3-12H2,1-2H3. The number of hydrogen-bond acceptors (Lipinski definition) is 3. The Morgan fingerprint density at radius 3 is 2.82 bits per heavy atom. The molecule has 2 fully saturated rings. The molecule has 2 atom stereocenters. The van der Waals surface area contributed by atoms with Crippen LogP contribution in [0.15, 0.2) is 0 Å². The van der Waals surface area contributed by atoms with E-state index in [-0.39, 0.29) is 0 Å². The predicted molar refractivity (Wildman–Crippen MR) is 71.4 cm³/mol. The van der Waals surface area contributed by atoms with Gasteiger partial charge in [0.2, 0.25) is 0 Å². The summed E-state index contributed by atoms with van der Waals surface area (Å²) in [5.74, 6) is 0. The Hall–Kier alpha value is -0.120. The van der Waals surface area contributed by atoms with Crippen molar-refractivity contribution in [2.24, 2.45) is 0 Å². The van der Waals surface area contributed by atoms with Gasteiger partial charge >= 0.3 is 0 Å². The van der Waals surface area contributed by atoms with Crippen LogP contribution in [-0.2, 0) is 4.74 Å². The summed E-state index contributed by atoms with van der Waals surface area (Å²) in [5.41, 5.74) is 0. The zero-order chi connectivity index (χ0) is 12.1. The highest BCUT2D eigenvalue weighted by atomic mass is 16.5. The first-order valence-electron chi connectivity index (χ1n) is 7.37. The van der Waals surface area contributed by atoms with Gasteiger partial charge < -0.3 is 4.74 Å². The number of piperidine rings is 1. The van der Waals surface area contributed by atoms with Gasteiger partial charge in [0.15, 0.2) is 0 Å². The second-order valence-corrected chi connectivity index (χ2v) is 5.54. The molecule has 17 heavy (non-hydrogen) atoms. The Kier molecular flexibility index (Phi) is 5.26. The van der Waals surface area contributed by atoms with Gasteiger partial charge in [-0.25, -0.2) is 0 Å². The summed E-state index contributed by atoms with van der Waals surface area (Å²) in [5, 5.41) is 0. The lowest BCUT2D eigenvalue weighted by atomic mass is 10.0. The van der Waals surface area contributed by atoms with E-state index in [2.05, 4.69) is 23.6 Å². The fourth-order valence-corrected chi connectivity index (χ4v) is 3.19. The SMILES string of the molecule is CCOCC(C)N1CCCN2CCCCC2C1. The number of fused-ring (bicyclic) bond motifs is 1. The topological polar surface area (TPSA) is 15.7 Å². The lowest BCUT2D eigenvalue weighted by Crippen LogP contribution is -2.46. The maximum absolute atomic E-state index is 5.57. The van der Waals surface area contributed by atoms with Gasteiger partial charge in [-0.15, -0.1) is 0 Å². The number of nitrogens with zero attached hydrogens (tertiary/aromatic N) is 2. The van der Waals surface area contributed by atoms with Crippen molar-refractivity contribution >= 4 is 0 Å². The first-order valence-corrected chi connectivity index (χ1v) is 7.37. The molecule has 0 aromatic heterocycles. The molecule has 3 heteroatoms. The molecule has 0 aliphatic carbocycles. The fourth-order valence-electron chi connectivity index (χ4n) is 3.19. The molecule has 2 saturated heterocycles. The summed E-state index contributed by atoms with van der Waals surface area (Å²) < 4.78 is 5.57. The minimum atomic E-state index is 0.580. The van der Waals surface area contributed by atoms with E-state index in [4.69, 9.17) is 4.74 Å². The summed E-state index contributed by atoms with van der Waals surface area (Å²) in [6.07, 6.45) is 5.56. The van der Waals surface area contributed by atoms with Crippen LogP contribution >= 0.6 is 0 Å². The highest BCUT2D eigenvalue weighted by Crippen LogP contribution is 2.21. The van der Waals surface area contributed by atoms with E-state index in [0.29, 0.717) is 6.04 Å². The largest absolute Gasteiger partial charge is 0.380 e. The third-order valence-electron chi connectivity index (χ3n) is 4.27. The molecule has 0 bridgehead atoms. The molecular formula is C14H28N2O. The van der Waals surface area contributed by atoms with Crippen molar-refractivity contribution in [3.05, 3.63) is 0 Å². The first kappa shape index (κ1) is 13.3. The van der Waals surface area contributed by atoms with E-state index < -0.39 is 0 Å². The van der Waals surface area contributed by atoms with Crippen molar-refractivity contribution < 1.29 is 4.74 Å². The van der Waals surface area contributed by atoms with Gasteiger partial charge in [-0.2, -0.15) is 0 Å². The van der Waals surface area contributed by atoms with Gasteiger partial charge in [-0.1, -0.05) is 6.42 Å². The van der Waals surface area contributed by atoms with Crippen molar-refractivity contribution in [3.63, 3.8) is 0 Å². The third kappa shape index (κ3) is 3.67. The highest BCUT2D eigenvalue weighted by molar-refractivity contribution is 4.84. The molecule has 2 unspecified atom stereocenters. The molecule has 2 heterocycles. The molecular weight excluding hydrogens is 212 g/mol. The van der Waals surface area contributed by atoms with Crippen LogP contribution in [-0.4, -0.2) is 61.3 Å². The molecule has 3 nitrogen and oxygen atoms in total. The summed E-state index contributed by atoms with van der Waals surface area (Å²) in [4.78, 5) is 5.36. The lowest BCUT2D eigenvalue weighted by molar-refractivity contribution is 0.0617. The van der Waals surface area contributed by atoms with Crippen LogP contribution in [0.25, 0.3) is 0 Å².